The fraction of sp³-hybridized carbons (Fsp3) is 0.273. The number of aromatic nitrogens is 2. The smallest absolute Gasteiger partial charge is 0.253 e. The Labute approximate surface area is 176 Å². The number of carbonyl (C=O) groups excluding carboxylic acids is 1. The molecule has 0 bridgehead atoms. The third-order valence-corrected chi connectivity index (χ3v) is 4.69. The molecule has 0 saturated heterocycles. The first-order valence-corrected chi connectivity index (χ1v) is 9.44. The van der Waals surface area contributed by atoms with E-state index in [-0.39, 0.29) is 24.1 Å². The Balaban J connectivity index is 0.00000300. The van der Waals surface area contributed by atoms with Crippen molar-refractivity contribution in [2.45, 2.75) is 25.7 Å². The first-order valence-electron chi connectivity index (χ1n) is 9.44. The zero-order chi connectivity index (χ0) is 19.9. The van der Waals surface area contributed by atoms with Gasteiger partial charge in [-0.25, -0.2) is 4.39 Å². The number of aromatic amines is 1. The summed E-state index contributed by atoms with van der Waals surface area (Å²) in [4.78, 5) is 14.1. The van der Waals surface area contributed by atoms with Crippen LogP contribution in [0.15, 0.2) is 54.6 Å². The number of nitrogen functional groups attached to an aromatic ring is 1. The molecule has 3 N–H and O–H groups in total. The molecule has 29 heavy (non-hydrogen) atoms. The van der Waals surface area contributed by atoms with E-state index in [4.69, 9.17) is 5.73 Å². The number of carbonyl (C=O) groups is 1. The molecule has 2 aromatic carbocycles. The largest absolute Gasteiger partial charge is 0.399 e. The summed E-state index contributed by atoms with van der Waals surface area (Å²) in [6.07, 6.45) is 3.84. The van der Waals surface area contributed by atoms with Crippen LogP contribution in [0.1, 0.15) is 35.3 Å². The molecule has 0 aliphatic carbocycles. The van der Waals surface area contributed by atoms with Gasteiger partial charge >= 0.3 is 0 Å². The van der Waals surface area contributed by atoms with E-state index in [0.29, 0.717) is 17.8 Å². The van der Waals surface area contributed by atoms with E-state index in [1.165, 1.54) is 12.1 Å². The summed E-state index contributed by atoms with van der Waals surface area (Å²) in [5.74, 6) is -0.261. The number of nitrogens with two attached hydrogens (primary N) is 1. The number of amides is 1. The van der Waals surface area contributed by atoms with Crippen molar-refractivity contribution in [3.8, 4) is 11.3 Å². The lowest BCUT2D eigenvalue weighted by atomic mass is 10.1. The number of hydrogen-bond donors (Lipinski definition) is 2. The van der Waals surface area contributed by atoms with Crippen LogP contribution in [0.3, 0.4) is 0 Å². The maximum absolute atomic E-state index is 13.0. The summed E-state index contributed by atoms with van der Waals surface area (Å²) in [5, 5.41) is 7.34. The van der Waals surface area contributed by atoms with Gasteiger partial charge in [-0.2, -0.15) is 5.10 Å². The predicted molar refractivity (Wildman–Crippen MR) is 117 cm³/mol. The average molecular weight is 417 g/mol. The zero-order valence-electron chi connectivity index (χ0n) is 16.4. The maximum Gasteiger partial charge on any atom is 0.253 e. The molecule has 0 unspecified atom stereocenters. The topological polar surface area (TPSA) is 75.0 Å². The van der Waals surface area contributed by atoms with Crippen LogP contribution in [-0.2, 0) is 6.42 Å². The minimum Gasteiger partial charge on any atom is -0.399 e. The third-order valence-electron chi connectivity index (χ3n) is 4.69. The second-order valence-corrected chi connectivity index (χ2v) is 6.95. The van der Waals surface area contributed by atoms with Gasteiger partial charge < -0.3 is 10.6 Å². The Morgan fingerprint density at radius 2 is 1.86 bits per heavy atom. The van der Waals surface area contributed by atoms with Gasteiger partial charge in [0, 0.05) is 36.1 Å². The minimum atomic E-state index is -0.251. The number of nitrogens with zero attached hydrogens (tertiary/aromatic N) is 2. The van der Waals surface area contributed by atoms with Gasteiger partial charge in [-0.3, -0.25) is 9.89 Å². The first kappa shape index (κ1) is 22.4. The molecule has 0 aliphatic rings. The van der Waals surface area contributed by atoms with Crippen LogP contribution in [0.25, 0.3) is 11.3 Å². The number of unbranched alkanes of at least 4 members (excludes halogenated alkanes) is 2. The number of nitrogens with one attached hydrogen (secondary N) is 1. The highest BCUT2D eigenvalue weighted by Gasteiger charge is 2.11. The van der Waals surface area contributed by atoms with E-state index in [1.807, 2.05) is 13.1 Å². The lowest BCUT2D eigenvalue weighted by Crippen LogP contribution is -2.27. The SMILES string of the molecule is CN(CCCCCc1cc(-c2ccc(F)cc2)n[nH]1)C(=O)c1cccc(N)c1.Cl. The summed E-state index contributed by atoms with van der Waals surface area (Å²) >= 11 is 0. The van der Waals surface area contributed by atoms with Crippen molar-refractivity contribution in [1.29, 1.82) is 0 Å². The molecule has 7 heteroatoms. The van der Waals surface area contributed by atoms with Crippen LogP contribution in [0.2, 0.25) is 0 Å². The molecule has 1 amide bonds. The van der Waals surface area contributed by atoms with E-state index in [1.54, 1.807) is 41.3 Å². The van der Waals surface area contributed by atoms with Gasteiger partial charge in [0.15, 0.2) is 0 Å². The number of anilines is 1. The summed E-state index contributed by atoms with van der Waals surface area (Å²) in [5.41, 5.74) is 9.73. The molecule has 0 saturated carbocycles. The molecule has 5 nitrogen and oxygen atoms in total. The van der Waals surface area contributed by atoms with Crippen LogP contribution in [0.5, 0.6) is 0 Å². The molecular weight excluding hydrogens is 391 g/mol. The van der Waals surface area contributed by atoms with Crippen LogP contribution >= 0.6 is 12.4 Å². The number of aryl methyl sites for hydroxylation is 1. The van der Waals surface area contributed by atoms with Crippen molar-refractivity contribution >= 4 is 24.0 Å². The highest BCUT2D eigenvalue weighted by molar-refractivity contribution is 5.94. The minimum absolute atomic E-state index is 0. The lowest BCUT2D eigenvalue weighted by Gasteiger charge is -2.17. The molecule has 154 valence electrons. The van der Waals surface area contributed by atoms with Crippen molar-refractivity contribution in [3.63, 3.8) is 0 Å². The number of H-pyrrole nitrogens is 1. The molecule has 0 radical (unpaired) electrons. The number of rotatable bonds is 8. The van der Waals surface area contributed by atoms with E-state index in [0.717, 1.165) is 42.6 Å². The van der Waals surface area contributed by atoms with Crippen LogP contribution in [0, 0.1) is 5.82 Å². The quantitative estimate of drug-likeness (QED) is 0.412. The number of halogens is 2. The van der Waals surface area contributed by atoms with E-state index < -0.39 is 0 Å². The molecule has 0 spiro atoms. The van der Waals surface area contributed by atoms with Gasteiger partial charge in [0.05, 0.1) is 5.69 Å². The Kier molecular flexibility index (Phi) is 8.21. The summed E-state index contributed by atoms with van der Waals surface area (Å²) in [7, 11) is 1.81. The monoisotopic (exact) mass is 416 g/mol. The van der Waals surface area contributed by atoms with Crippen LogP contribution < -0.4 is 5.73 Å². The molecule has 3 aromatic rings. The molecule has 1 heterocycles. The summed E-state index contributed by atoms with van der Waals surface area (Å²) in [6, 6.07) is 15.4. The third kappa shape index (κ3) is 6.32. The van der Waals surface area contributed by atoms with Crippen molar-refractivity contribution in [2.75, 3.05) is 19.3 Å². The van der Waals surface area contributed by atoms with E-state index in [9.17, 15) is 9.18 Å². The van der Waals surface area contributed by atoms with Gasteiger partial charge in [0.1, 0.15) is 5.82 Å². The van der Waals surface area contributed by atoms with Crippen LogP contribution in [0.4, 0.5) is 10.1 Å². The summed E-state index contributed by atoms with van der Waals surface area (Å²) < 4.78 is 13.0. The van der Waals surface area contributed by atoms with E-state index >= 15 is 0 Å². The van der Waals surface area contributed by atoms with Gasteiger partial charge in [0.2, 0.25) is 0 Å². The molecule has 0 aliphatic heterocycles. The molecule has 3 rings (SSSR count). The Bertz CT molecular complexity index is 927. The fourth-order valence-corrected chi connectivity index (χ4v) is 3.09. The Hall–Kier alpha value is -2.86. The van der Waals surface area contributed by atoms with Crippen molar-refractivity contribution in [3.05, 3.63) is 71.7 Å². The summed E-state index contributed by atoms with van der Waals surface area (Å²) in [6.45, 7) is 0.706. The molecule has 0 fully saturated rings. The fourth-order valence-electron chi connectivity index (χ4n) is 3.09. The predicted octanol–water partition coefficient (Wildman–Crippen LogP) is 4.70. The number of benzene rings is 2. The normalized spacial score (nSPS) is 10.4. The van der Waals surface area contributed by atoms with Gasteiger partial charge in [0.25, 0.3) is 5.91 Å². The Morgan fingerprint density at radius 1 is 1.10 bits per heavy atom. The molecular formula is C22H26ClFN4O. The molecule has 1 aromatic heterocycles. The molecule has 0 atom stereocenters. The Morgan fingerprint density at radius 3 is 2.59 bits per heavy atom. The average Bonchev–Trinajstić information content (AvgIpc) is 3.16. The maximum atomic E-state index is 13.0. The van der Waals surface area contributed by atoms with E-state index in [2.05, 4.69) is 10.2 Å². The van der Waals surface area contributed by atoms with Crippen molar-refractivity contribution in [1.82, 2.24) is 15.1 Å². The van der Waals surface area contributed by atoms with Crippen LogP contribution in [-0.4, -0.2) is 34.6 Å². The number of hydrogen-bond acceptors (Lipinski definition) is 3. The first-order chi connectivity index (χ1) is 13.5. The van der Waals surface area contributed by atoms with Crippen molar-refractivity contribution < 1.29 is 9.18 Å². The van der Waals surface area contributed by atoms with Gasteiger partial charge in [-0.05, 0) is 67.8 Å². The van der Waals surface area contributed by atoms with Crippen molar-refractivity contribution in [2.24, 2.45) is 0 Å². The second kappa shape index (κ2) is 10.6. The highest BCUT2D eigenvalue weighted by Crippen LogP contribution is 2.19. The van der Waals surface area contributed by atoms with Gasteiger partial charge in [-0.15, -0.1) is 12.4 Å². The lowest BCUT2D eigenvalue weighted by molar-refractivity contribution is 0.0792. The second-order valence-electron chi connectivity index (χ2n) is 6.95. The standard InChI is InChI=1S/C22H25FN4O.ClH/c1-27(22(28)17-6-5-7-19(24)14-17)13-4-2-3-8-20-15-21(26-25-20)16-9-11-18(23)12-10-16;/h5-7,9-12,14-15H,2-4,8,13,24H2,1H3,(H,25,26);1H. The van der Waals surface area contributed by atoms with Gasteiger partial charge in [-0.1, -0.05) is 12.5 Å². The highest BCUT2D eigenvalue weighted by atomic mass is 35.5. The zero-order valence-corrected chi connectivity index (χ0v) is 17.2.